The Morgan fingerprint density at radius 3 is 1.36 bits per heavy atom. The molecule has 33 nitrogen and oxygen atoms in total. The molecule has 5 saturated heterocycles. The number of unbranched alkanes of at least 4 members (excludes halogenated alkanes) is 28. The summed E-state index contributed by atoms with van der Waals surface area (Å²) in [5.41, 5.74) is 0. The molecule has 33 heteroatoms. The highest BCUT2D eigenvalue weighted by molar-refractivity contribution is 5.76. The molecule has 0 radical (unpaired) electrons. The summed E-state index contributed by atoms with van der Waals surface area (Å²) in [4.78, 5) is 39.6. The van der Waals surface area contributed by atoms with Gasteiger partial charge in [0.05, 0.1) is 57.9 Å². The van der Waals surface area contributed by atoms with Crippen LogP contribution in [0.3, 0.4) is 0 Å². The van der Waals surface area contributed by atoms with Crippen molar-refractivity contribution in [3.8, 4) is 0 Å². The number of hydrogen-bond donors (Lipinski definition) is 20. The second kappa shape index (κ2) is 53.2. The number of aliphatic hydroxyl groups is 17. The topological polar surface area (TPSA) is 532 Å². The standard InChI is InChI=1S/C77H138N2O31/c1-4-6-8-10-12-14-16-18-19-20-21-22-23-24-25-27-29-31-33-35-37-39-56(89)79-48(49(86)38-36-34-32-30-28-26-17-15-13-11-9-7-5-2)46-101-73-64(96)63(95)67(55(45-84)105-73)106-74-65(97)69(61(93)53(43-82)103-74)108-72-57(78-47(3)85)68(60(92)52(42-81)102-72)107-75-66(98)71(62(94)54(44-83)104-75)110-77(76(99)100)40-50(87)58(90)70(109-77)59(91)51(88)41-80/h18-19,36,38,48-55,57-75,80-84,86-88,90-98H,4-17,20-35,37,39-46H2,1-3H3,(H,78,85)(H,79,89)(H,99,100)/b19-18-,38-36+/t48-,49+,50?,51+,52?,53?,54?,55?,57?,58+,59+,60+,61-,62-,63+,64?,65?,66?,67+,68+,69-,70?,71-,72-,73+,74-,75-,77-/m0/s1. The average Bonchev–Trinajstić information content (AvgIpc) is 0.757. The van der Waals surface area contributed by atoms with E-state index >= 15 is 0 Å². The number of rotatable bonds is 56. The van der Waals surface area contributed by atoms with E-state index in [9.17, 15) is 106 Å². The van der Waals surface area contributed by atoms with Crippen LogP contribution in [-0.4, -0.2) is 321 Å². The molecule has 28 atom stereocenters. The van der Waals surface area contributed by atoms with Crippen LogP contribution in [0, 0.1) is 0 Å². The highest BCUT2D eigenvalue weighted by atomic mass is 16.8. The average molecular weight is 1590 g/mol. The molecule has 0 aromatic carbocycles. The van der Waals surface area contributed by atoms with Gasteiger partial charge in [-0.3, -0.25) is 9.59 Å². The molecular weight excluding hydrogens is 1450 g/mol. The fourth-order valence-electron chi connectivity index (χ4n) is 14.6. The molecule has 5 fully saturated rings. The second-order valence-corrected chi connectivity index (χ2v) is 30.3. The zero-order valence-corrected chi connectivity index (χ0v) is 64.8. The molecule has 2 amide bonds. The number of allylic oxidation sites excluding steroid dienone is 3. The Balaban J connectivity index is 1.22. The monoisotopic (exact) mass is 1590 g/mol. The molecule has 5 rings (SSSR count). The quantitative estimate of drug-likeness (QED) is 0.0297. The smallest absolute Gasteiger partial charge is 0.364 e. The number of nitrogens with one attached hydrogen (secondary N) is 2. The first-order chi connectivity index (χ1) is 52.9. The van der Waals surface area contributed by atoms with Crippen molar-refractivity contribution in [3.63, 3.8) is 0 Å². The highest BCUT2D eigenvalue weighted by Crippen LogP contribution is 2.40. The lowest BCUT2D eigenvalue weighted by molar-refractivity contribution is -0.392. The SMILES string of the molecule is CCCCCCCC/C=C\CCCCCCCCCCCCCC(=O)N[C@@H](CO[C@@H]1OC(CO)[C@@H](O[C@@H]2OC(CO)[C@H](O)[C@H](O[C@@H]3OC(CO)[C@@H](O)[C@H](O[C@@H]4OC(CO)[C@H](O)[C@H](O[C@]5(C(=O)O)CC(O)[C@@H](O)C([C@H](O)[C@H](O)CO)O5)C4O)C3NC(C)=O)C2O)[C@H](O)C1O)[C@H](O)/C=C/CCCCCCCCCCCCC. The van der Waals surface area contributed by atoms with E-state index in [1.165, 1.54) is 128 Å². The van der Waals surface area contributed by atoms with Crippen LogP contribution in [0.15, 0.2) is 24.3 Å². The molecule has 0 spiro atoms. The summed E-state index contributed by atoms with van der Waals surface area (Å²) in [7, 11) is 0. The minimum absolute atomic E-state index is 0.167. The van der Waals surface area contributed by atoms with Gasteiger partial charge in [0.25, 0.3) is 5.79 Å². The summed E-state index contributed by atoms with van der Waals surface area (Å²) in [5, 5.41) is 203. The summed E-state index contributed by atoms with van der Waals surface area (Å²) < 4.78 is 58.6. The van der Waals surface area contributed by atoms with Gasteiger partial charge in [0.1, 0.15) is 122 Å². The summed E-state index contributed by atoms with van der Waals surface area (Å²) in [5.74, 6) is -6.57. The lowest BCUT2D eigenvalue weighted by Crippen LogP contribution is -2.71. The van der Waals surface area contributed by atoms with E-state index in [2.05, 4.69) is 36.6 Å². The van der Waals surface area contributed by atoms with Crippen LogP contribution in [0.5, 0.6) is 0 Å². The van der Waals surface area contributed by atoms with Gasteiger partial charge in [0, 0.05) is 19.8 Å². The number of amides is 2. The Kier molecular flexibility index (Phi) is 47.1. The van der Waals surface area contributed by atoms with Crippen molar-refractivity contribution in [1.82, 2.24) is 10.6 Å². The molecule has 0 saturated carbocycles. The van der Waals surface area contributed by atoms with E-state index in [0.29, 0.717) is 12.8 Å². The minimum atomic E-state index is -3.22. The Labute approximate surface area is 647 Å². The van der Waals surface area contributed by atoms with Gasteiger partial charge in [0.15, 0.2) is 25.2 Å². The molecule has 5 aliphatic rings. The number of carboxylic acids is 1. The van der Waals surface area contributed by atoms with Crippen LogP contribution in [-0.2, 0) is 61.8 Å². The molecule has 0 aromatic rings. The molecule has 0 bridgehead atoms. The normalized spacial score (nSPS) is 34.1. The molecule has 0 aliphatic carbocycles. The van der Waals surface area contributed by atoms with Crippen LogP contribution in [0.4, 0.5) is 0 Å². The molecule has 5 aliphatic heterocycles. The van der Waals surface area contributed by atoms with Crippen LogP contribution < -0.4 is 10.6 Å². The second-order valence-electron chi connectivity index (χ2n) is 30.3. The fraction of sp³-hybridized carbons (Fsp3) is 0.909. The first-order valence-electron chi connectivity index (χ1n) is 40.8. The van der Waals surface area contributed by atoms with Gasteiger partial charge in [-0.25, -0.2) is 4.79 Å². The number of carbonyl (C=O) groups is 3. The third kappa shape index (κ3) is 31.0. The lowest BCUT2D eigenvalue weighted by Gasteiger charge is -2.51. The van der Waals surface area contributed by atoms with Crippen LogP contribution in [0.2, 0.25) is 0 Å². The Morgan fingerprint density at radius 1 is 0.473 bits per heavy atom. The van der Waals surface area contributed by atoms with Crippen molar-refractivity contribution in [2.45, 2.75) is 404 Å². The van der Waals surface area contributed by atoms with Gasteiger partial charge in [-0.05, 0) is 44.9 Å². The van der Waals surface area contributed by atoms with E-state index in [4.69, 9.17) is 47.4 Å². The van der Waals surface area contributed by atoms with Crippen molar-refractivity contribution < 1.29 is 154 Å². The van der Waals surface area contributed by atoms with Gasteiger partial charge >= 0.3 is 5.97 Å². The van der Waals surface area contributed by atoms with Crippen molar-refractivity contribution in [2.24, 2.45) is 0 Å². The molecule has 5 heterocycles. The van der Waals surface area contributed by atoms with Crippen LogP contribution in [0.25, 0.3) is 0 Å². The van der Waals surface area contributed by atoms with E-state index in [0.717, 1.165) is 64.7 Å². The van der Waals surface area contributed by atoms with Gasteiger partial charge in [-0.15, -0.1) is 0 Å². The largest absolute Gasteiger partial charge is 0.477 e. The number of hydrogen-bond acceptors (Lipinski definition) is 30. The van der Waals surface area contributed by atoms with Crippen molar-refractivity contribution in [3.05, 3.63) is 24.3 Å². The van der Waals surface area contributed by atoms with Gasteiger partial charge in [0.2, 0.25) is 11.8 Å². The number of ether oxygens (including phenoxy) is 10. The molecule has 0 aromatic heterocycles. The summed E-state index contributed by atoms with van der Waals surface area (Å²) in [6.45, 7) is -0.372. The summed E-state index contributed by atoms with van der Waals surface area (Å²) in [6.07, 6.45) is -7.91. The van der Waals surface area contributed by atoms with E-state index in [1.54, 1.807) is 6.08 Å². The first-order valence-corrected chi connectivity index (χ1v) is 40.8. The molecule has 10 unspecified atom stereocenters. The molecule has 642 valence electrons. The van der Waals surface area contributed by atoms with E-state index in [-0.39, 0.29) is 12.3 Å². The predicted molar refractivity (Wildman–Crippen MR) is 394 cm³/mol. The summed E-state index contributed by atoms with van der Waals surface area (Å²) in [6, 6.07) is -2.97. The van der Waals surface area contributed by atoms with Crippen molar-refractivity contribution >= 4 is 17.8 Å². The Morgan fingerprint density at radius 2 is 0.891 bits per heavy atom. The maximum Gasteiger partial charge on any atom is 0.364 e. The van der Waals surface area contributed by atoms with E-state index in [1.807, 2.05) is 6.08 Å². The predicted octanol–water partition coefficient (Wildman–Crippen LogP) is 0.930. The fourth-order valence-corrected chi connectivity index (χ4v) is 14.6. The van der Waals surface area contributed by atoms with Crippen LogP contribution >= 0.6 is 0 Å². The number of aliphatic hydroxyl groups excluding tert-OH is 17. The molecular formula is C77H138N2O31. The Bertz CT molecular complexity index is 2530. The minimum Gasteiger partial charge on any atom is -0.477 e. The number of carboxylic acid groups (broad SMARTS) is 1. The highest BCUT2D eigenvalue weighted by Gasteiger charge is 2.61. The van der Waals surface area contributed by atoms with Crippen molar-refractivity contribution in [1.29, 1.82) is 0 Å². The van der Waals surface area contributed by atoms with Gasteiger partial charge < -0.3 is 150 Å². The number of aliphatic carboxylic acids is 1. The van der Waals surface area contributed by atoms with Gasteiger partial charge in [-0.2, -0.15) is 0 Å². The third-order valence-corrected chi connectivity index (χ3v) is 21.3. The van der Waals surface area contributed by atoms with E-state index < -0.39 is 229 Å². The summed E-state index contributed by atoms with van der Waals surface area (Å²) >= 11 is 0. The third-order valence-electron chi connectivity index (χ3n) is 21.3. The Hall–Kier alpha value is -3.19. The maximum atomic E-state index is 13.6. The lowest BCUT2D eigenvalue weighted by atomic mass is 9.90. The zero-order chi connectivity index (χ0) is 80.7. The zero-order valence-electron chi connectivity index (χ0n) is 64.8. The molecule has 110 heavy (non-hydrogen) atoms. The van der Waals surface area contributed by atoms with Crippen molar-refractivity contribution in [2.75, 3.05) is 39.6 Å². The van der Waals surface area contributed by atoms with Gasteiger partial charge in [-0.1, -0.05) is 192 Å². The maximum absolute atomic E-state index is 13.6. The van der Waals surface area contributed by atoms with Crippen LogP contribution in [0.1, 0.15) is 233 Å². The first kappa shape index (κ1) is 97.4. The number of carbonyl (C=O) groups excluding carboxylic acids is 2. The molecule has 20 N–H and O–H groups in total.